The molecule has 0 aliphatic rings. The van der Waals surface area contributed by atoms with Gasteiger partial charge in [0, 0.05) is 17.8 Å². The Hall–Kier alpha value is -1.69. The zero-order valence-corrected chi connectivity index (χ0v) is 21.7. The molecule has 0 spiro atoms. The van der Waals surface area contributed by atoms with Gasteiger partial charge in [-0.05, 0) is 57.4 Å². The number of carbonyl (C=O) groups is 2. The average Bonchev–Trinajstić information content (AvgIpc) is 2.70. The van der Waals surface area contributed by atoms with E-state index < -0.39 is 6.04 Å². The first kappa shape index (κ1) is 26.6. The number of benzene rings is 2. The zero-order valence-electron chi connectivity index (χ0n) is 19.4. The largest absolute Gasteiger partial charge is 0.350 e. The molecule has 0 aliphatic heterocycles. The van der Waals surface area contributed by atoms with Crippen LogP contribution in [0.25, 0.3) is 0 Å². The third-order valence-corrected chi connectivity index (χ3v) is 6.56. The van der Waals surface area contributed by atoms with E-state index in [9.17, 15) is 9.59 Å². The van der Waals surface area contributed by atoms with Crippen LogP contribution in [-0.4, -0.2) is 34.0 Å². The normalized spacial score (nSPS) is 12.3. The van der Waals surface area contributed by atoms with Gasteiger partial charge in [-0.2, -0.15) is 0 Å². The highest BCUT2D eigenvalue weighted by Crippen LogP contribution is 2.25. The molecule has 2 aromatic carbocycles. The molecule has 0 aromatic heterocycles. The van der Waals surface area contributed by atoms with Crippen LogP contribution in [-0.2, 0) is 21.9 Å². The molecular formula is C25H32Cl2N2O2S. The van der Waals surface area contributed by atoms with Crippen molar-refractivity contribution in [3.63, 3.8) is 0 Å². The summed E-state index contributed by atoms with van der Waals surface area (Å²) in [5, 5.41) is 4.04. The van der Waals surface area contributed by atoms with E-state index in [4.69, 9.17) is 23.2 Å². The van der Waals surface area contributed by atoms with Gasteiger partial charge in [-0.1, -0.05) is 66.0 Å². The quantitative estimate of drug-likeness (QED) is 0.447. The van der Waals surface area contributed by atoms with E-state index in [0.717, 1.165) is 16.7 Å². The minimum Gasteiger partial charge on any atom is -0.350 e. The number of halogens is 2. The third-order valence-electron chi connectivity index (χ3n) is 4.84. The predicted octanol–water partition coefficient (Wildman–Crippen LogP) is 6.26. The molecule has 4 nitrogen and oxygen atoms in total. The van der Waals surface area contributed by atoms with Gasteiger partial charge in [0.1, 0.15) is 6.04 Å². The van der Waals surface area contributed by atoms with Gasteiger partial charge in [0.2, 0.25) is 11.8 Å². The van der Waals surface area contributed by atoms with Crippen molar-refractivity contribution in [2.75, 3.05) is 5.75 Å². The molecule has 174 valence electrons. The van der Waals surface area contributed by atoms with Crippen molar-refractivity contribution < 1.29 is 9.59 Å². The molecule has 0 aliphatic carbocycles. The average molecular weight is 496 g/mol. The van der Waals surface area contributed by atoms with Crippen molar-refractivity contribution in [1.29, 1.82) is 0 Å². The summed E-state index contributed by atoms with van der Waals surface area (Å²) in [4.78, 5) is 28.0. The molecule has 0 heterocycles. The van der Waals surface area contributed by atoms with Crippen LogP contribution in [0.4, 0.5) is 0 Å². The highest BCUT2D eigenvalue weighted by Gasteiger charge is 2.30. The van der Waals surface area contributed by atoms with E-state index >= 15 is 0 Å². The Morgan fingerprint density at radius 3 is 2.22 bits per heavy atom. The molecule has 2 amide bonds. The van der Waals surface area contributed by atoms with Crippen molar-refractivity contribution in [2.24, 2.45) is 0 Å². The van der Waals surface area contributed by atoms with Crippen molar-refractivity contribution >= 4 is 46.8 Å². The van der Waals surface area contributed by atoms with Crippen LogP contribution in [0.2, 0.25) is 10.0 Å². The molecule has 7 heteroatoms. The lowest BCUT2D eigenvalue weighted by atomic mass is 10.1. The Morgan fingerprint density at radius 1 is 1.03 bits per heavy atom. The van der Waals surface area contributed by atoms with Crippen LogP contribution in [0.5, 0.6) is 0 Å². The number of nitrogens with zero attached hydrogens (tertiary/aromatic N) is 1. The molecule has 1 atom stereocenters. The van der Waals surface area contributed by atoms with E-state index in [1.54, 1.807) is 11.0 Å². The molecule has 0 bridgehead atoms. The number of aryl methyl sites for hydroxylation is 1. The smallest absolute Gasteiger partial charge is 0.243 e. The highest BCUT2D eigenvalue weighted by molar-refractivity contribution is 7.99. The highest BCUT2D eigenvalue weighted by atomic mass is 35.5. The Bertz CT molecular complexity index is 927. The van der Waals surface area contributed by atoms with E-state index in [1.165, 1.54) is 11.8 Å². The number of nitrogens with one attached hydrogen (secondary N) is 1. The molecule has 1 N–H and O–H groups in total. The predicted molar refractivity (Wildman–Crippen MR) is 136 cm³/mol. The fraction of sp³-hybridized carbons (Fsp3) is 0.440. The van der Waals surface area contributed by atoms with Crippen LogP contribution in [0, 0.1) is 6.92 Å². The maximum absolute atomic E-state index is 13.3. The minimum absolute atomic E-state index is 0.0634. The second kappa shape index (κ2) is 12.0. The van der Waals surface area contributed by atoms with Gasteiger partial charge in [-0.3, -0.25) is 9.59 Å². The number of amides is 2. The summed E-state index contributed by atoms with van der Waals surface area (Å²) in [6, 6.07) is 13.0. The van der Waals surface area contributed by atoms with Crippen molar-refractivity contribution in [3.8, 4) is 0 Å². The first-order valence-electron chi connectivity index (χ1n) is 10.7. The lowest BCUT2D eigenvalue weighted by molar-refractivity contribution is -0.140. The van der Waals surface area contributed by atoms with Crippen LogP contribution in [0.3, 0.4) is 0 Å². The standard InChI is InChI=1S/C25H32Cl2N2O2S/c1-6-22(24(31)28-25(3,4)5)29(14-18-9-7-17(2)8-10-18)23(30)16-32-15-19-11-12-20(26)21(27)13-19/h7-13,22H,6,14-16H2,1-5H3,(H,28,31)/t22-/m1/s1. The first-order valence-corrected chi connectivity index (χ1v) is 12.6. The lowest BCUT2D eigenvalue weighted by Gasteiger charge is -2.33. The molecule has 0 saturated heterocycles. The van der Waals surface area contributed by atoms with Gasteiger partial charge in [0.25, 0.3) is 0 Å². The molecule has 32 heavy (non-hydrogen) atoms. The molecule has 0 radical (unpaired) electrons. The Labute approximate surface area is 206 Å². The van der Waals surface area contributed by atoms with Gasteiger partial charge < -0.3 is 10.2 Å². The molecule has 2 aromatic rings. The van der Waals surface area contributed by atoms with Crippen LogP contribution < -0.4 is 5.32 Å². The Kier molecular flexibility index (Phi) is 9.93. The minimum atomic E-state index is -0.534. The molecular weight excluding hydrogens is 463 g/mol. The molecule has 0 saturated carbocycles. The zero-order chi connectivity index (χ0) is 23.9. The fourth-order valence-electron chi connectivity index (χ4n) is 3.23. The van der Waals surface area contributed by atoms with Crippen molar-refractivity contribution in [1.82, 2.24) is 10.2 Å². The second-order valence-corrected chi connectivity index (χ2v) is 10.7. The molecule has 2 rings (SSSR count). The number of carbonyl (C=O) groups excluding carboxylic acids is 2. The first-order chi connectivity index (χ1) is 15.0. The van der Waals surface area contributed by atoms with Gasteiger partial charge in [0.15, 0.2) is 0 Å². The summed E-state index contributed by atoms with van der Waals surface area (Å²) in [7, 11) is 0. The van der Waals surface area contributed by atoms with Crippen LogP contribution >= 0.6 is 35.0 Å². The summed E-state index contributed by atoms with van der Waals surface area (Å²) < 4.78 is 0. The van der Waals surface area contributed by atoms with E-state index in [1.807, 2.05) is 71.0 Å². The Balaban J connectivity index is 2.15. The summed E-state index contributed by atoms with van der Waals surface area (Å²) in [6.45, 7) is 10.2. The van der Waals surface area contributed by atoms with E-state index in [0.29, 0.717) is 28.8 Å². The summed E-state index contributed by atoms with van der Waals surface area (Å²) in [6.07, 6.45) is 0.539. The van der Waals surface area contributed by atoms with Gasteiger partial charge in [-0.15, -0.1) is 11.8 Å². The van der Waals surface area contributed by atoms with Crippen LogP contribution in [0.1, 0.15) is 50.8 Å². The maximum Gasteiger partial charge on any atom is 0.243 e. The maximum atomic E-state index is 13.3. The van der Waals surface area contributed by atoms with E-state index in [2.05, 4.69) is 5.32 Å². The Morgan fingerprint density at radius 2 is 1.66 bits per heavy atom. The summed E-state index contributed by atoms with van der Waals surface area (Å²) in [5.41, 5.74) is 2.78. The van der Waals surface area contributed by atoms with Crippen molar-refractivity contribution in [2.45, 2.75) is 64.9 Å². The van der Waals surface area contributed by atoms with Gasteiger partial charge in [0.05, 0.1) is 15.8 Å². The molecule has 0 fully saturated rings. The third kappa shape index (κ3) is 8.34. The van der Waals surface area contributed by atoms with Crippen LogP contribution in [0.15, 0.2) is 42.5 Å². The summed E-state index contributed by atoms with van der Waals surface area (Å²) in [5.74, 6) is 0.707. The molecule has 0 unspecified atom stereocenters. The second-order valence-electron chi connectivity index (χ2n) is 8.91. The topological polar surface area (TPSA) is 49.4 Å². The number of hydrogen-bond donors (Lipinski definition) is 1. The fourth-order valence-corrected chi connectivity index (χ4v) is 4.41. The van der Waals surface area contributed by atoms with Crippen molar-refractivity contribution in [3.05, 3.63) is 69.2 Å². The van der Waals surface area contributed by atoms with Gasteiger partial charge >= 0.3 is 0 Å². The summed E-state index contributed by atoms with van der Waals surface area (Å²) >= 11 is 13.6. The number of hydrogen-bond acceptors (Lipinski definition) is 3. The van der Waals surface area contributed by atoms with Gasteiger partial charge in [-0.25, -0.2) is 0 Å². The van der Waals surface area contributed by atoms with E-state index in [-0.39, 0.29) is 23.1 Å². The number of thioether (sulfide) groups is 1. The lowest BCUT2D eigenvalue weighted by Crippen LogP contribution is -2.53. The SMILES string of the molecule is CC[C@H](C(=O)NC(C)(C)C)N(Cc1ccc(C)cc1)C(=O)CSCc1ccc(Cl)c(Cl)c1. The number of rotatable bonds is 9. The monoisotopic (exact) mass is 494 g/mol.